The van der Waals surface area contributed by atoms with Gasteiger partial charge in [-0.3, -0.25) is 0 Å². The minimum atomic E-state index is -1.23. The van der Waals surface area contributed by atoms with Crippen LogP contribution >= 0.6 is 0 Å². The first kappa shape index (κ1) is 13.5. The second-order valence-corrected chi connectivity index (χ2v) is 5.87. The Balaban J connectivity index is 2.15. The molecule has 1 aliphatic rings. The van der Waals surface area contributed by atoms with Crippen LogP contribution in [0.3, 0.4) is 0 Å². The summed E-state index contributed by atoms with van der Waals surface area (Å²) in [5.74, 6) is 0. The number of alkyl halides is 1. The van der Waals surface area contributed by atoms with E-state index in [9.17, 15) is 0 Å². The summed E-state index contributed by atoms with van der Waals surface area (Å²) in [5.41, 5.74) is 1.82. The van der Waals surface area contributed by atoms with E-state index in [2.05, 4.69) is 5.32 Å². The van der Waals surface area contributed by atoms with E-state index in [1.54, 1.807) is 6.92 Å². The monoisotopic (exact) mass is 249 g/mol. The van der Waals surface area contributed by atoms with Crippen molar-refractivity contribution in [1.29, 1.82) is 0 Å². The van der Waals surface area contributed by atoms with E-state index in [0.717, 1.165) is 29.7 Å². The first-order chi connectivity index (χ1) is 8.49. The largest absolute Gasteiger partial charge is 0.314 e. The third-order valence-corrected chi connectivity index (χ3v) is 4.00. The first-order valence-corrected chi connectivity index (χ1v) is 6.99. The fraction of sp³-hybridized carbons (Fsp3) is 0.625. The summed E-state index contributed by atoms with van der Waals surface area (Å²) in [6.45, 7) is 6.79. The number of rotatable bonds is 3. The molecule has 2 atom stereocenters. The zero-order chi connectivity index (χ0) is 13.2. The zero-order valence-electron chi connectivity index (χ0n) is 11.7. The van der Waals surface area contributed by atoms with Crippen LogP contribution < -0.4 is 5.32 Å². The highest BCUT2D eigenvalue weighted by molar-refractivity contribution is 5.34. The van der Waals surface area contributed by atoms with Crippen molar-refractivity contribution in [3.8, 4) is 0 Å². The maximum Gasteiger partial charge on any atom is 0.135 e. The molecule has 1 aromatic rings. The first-order valence-electron chi connectivity index (χ1n) is 6.99. The van der Waals surface area contributed by atoms with Gasteiger partial charge in [-0.05, 0) is 51.3 Å². The van der Waals surface area contributed by atoms with Crippen molar-refractivity contribution in [3.05, 3.63) is 34.9 Å². The van der Waals surface area contributed by atoms with Gasteiger partial charge in [0, 0.05) is 12.5 Å². The third-order valence-electron chi connectivity index (χ3n) is 4.00. The average Bonchev–Trinajstić information content (AvgIpc) is 2.33. The van der Waals surface area contributed by atoms with Crippen LogP contribution in [0.15, 0.2) is 18.2 Å². The van der Waals surface area contributed by atoms with Crippen molar-refractivity contribution >= 4 is 0 Å². The molecule has 1 fully saturated rings. The van der Waals surface area contributed by atoms with Crippen LogP contribution in [0.1, 0.15) is 49.3 Å². The molecule has 1 saturated heterocycles. The molecule has 2 unspecified atom stereocenters. The Morgan fingerprint density at radius 1 is 1.33 bits per heavy atom. The van der Waals surface area contributed by atoms with Gasteiger partial charge in [0.15, 0.2) is 0 Å². The normalized spacial score (nSPS) is 23.7. The van der Waals surface area contributed by atoms with Crippen molar-refractivity contribution in [3.63, 3.8) is 0 Å². The fourth-order valence-corrected chi connectivity index (χ4v) is 2.97. The molecule has 0 saturated carbocycles. The second-order valence-electron chi connectivity index (χ2n) is 5.87. The highest BCUT2D eigenvalue weighted by Gasteiger charge is 2.31. The third kappa shape index (κ3) is 3.11. The van der Waals surface area contributed by atoms with Gasteiger partial charge in [-0.1, -0.05) is 30.2 Å². The Morgan fingerprint density at radius 3 is 2.78 bits per heavy atom. The summed E-state index contributed by atoms with van der Waals surface area (Å²) in [4.78, 5) is 0. The van der Waals surface area contributed by atoms with Gasteiger partial charge in [-0.2, -0.15) is 0 Å². The van der Waals surface area contributed by atoms with Gasteiger partial charge in [0.1, 0.15) is 5.67 Å². The number of halogens is 1. The lowest BCUT2D eigenvalue weighted by molar-refractivity contribution is 0.145. The highest BCUT2D eigenvalue weighted by Crippen LogP contribution is 2.34. The summed E-state index contributed by atoms with van der Waals surface area (Å²) in [6, 6.07) is 6.40. The lowest BCUT2D eigenvalue weighted by Gasteiger charge is -2.31. The topological polar surface area (TPSA) is 12.0 Å². The molecule has 100 valence electrons. The van der Waals surface area contributed by atoms with Gasteiger partial charge in [0.05, 0.1) is 0 Å². The van der Waals surface area contributed by atoms with Crippen LogP contribution in [0.5, 0.6) is 0 Å². The second kappa shape index (κ2) is 5.40. The molecular formula is C16H24FN. The van der Waals surface area contributed by atoms with E-state index in [1.807, 2.05) is 32.0 Å². The molecule has 0 amide bonds. The van der Waals surface area contributed by atoms with Crippen molar-refractivity contribution in [2.24, 2.45) is 0 Å². The predicted molar refractivity (Wildman–Crippen MR) is 74.6 cm³/mol. The van der Waals surface area contributed by atoms with Crippen LogP contribution in [0.25, 0.3) is 0 Å². The summed E-state index contributed by atoms with van der Waals surface area (Å²) in [7, 11) is 0. The van der Waals surface area contributed by atoms with E-state index in [0.29, 0.717) is 12.5 Å². The number of hydrogen-bond acceptors (Lipinski definition) is 1. The molecule has 1 aromatic carbocycles. The molecule has 0 bridgehead atoms. The lowest BCUT2D eigenvalue weighted by Crippen LogP contribution is -2.38. The molecule has 0 spiro atoms. The minimum Gasteiger partial charge on any atom is -0.314 e. The van der Waals surface area contributed by atoms with E-state index >= 15 is 4.39 Å². The predicted octanol–water partition coefficient (Wildman–Crippen LogP) is 4.02. The van der Waals surface area contributed by atoms with Gasteiger partial charge in [0.25, 0.3) is 0 Å². The molecule has 2 rings (SSSR count). The average molecular weight is 249 g/mol. The highest BCUT2D eigenvalue weighted by atomic mass is 19.1. The Morgan fingerprint density at radius 2 is 2.11 bits per heavy atom. The number of nitrogens with one attached hydrogen (secondary N) is 1. The number of benzene rings is 1. The molecule has 18 heavy (non-hydrogen) atoms. The van der Waals surface area contributed by atoms with Gasteiger partial charge in [-0.15, -0.1) is 0 Å². The summed E-state index contributed by atoms with van der Waals surface area (Å²) in [5, 5.41) is 3.44. The molecule has 1 N–H and O–H groups in total. The Bertz CT molecular complexity index is 406. The van der Waals surface area contributed by atoms with Crippen molar-refractivity contribution in [2.45, 2.75) is 58.2 Å². The van der Waals surface area contributed by atoms with E-state index in [-0.39, 0.29) is 0 Å². The van der Waals surface area contributed by atoms with Crippen LogP contribution in [0.4, 0.5) is 4.39 Å². The van der Waals surface area contributed by atoms with E-state index < -0.39 is 5.67 Å². The van der Waals surface area contributed by atoms with Gasteiger partial charge >= 0.3 is 0 Å². The van der Waals surface area contributed by atoms with Crippen molar-refractivity contribution in [1.82, 2.24) is 5.32 Å². The van der Waals surface area contributed by atoms with Crippen LogP contribution in [0.2, 0.25) is 0 Å². The standard InChI is InChI=1S/C16H24FN/c1-12-7-8-13(2)15(10-12)16(3,17)11-14-6-4-5-9-18-14/h7-8,10,14,18H,4-6,9,11H2,1-3H3. The molecule has 1 heterocycles. The van der Waals surface area contributed by atoms with Crippen LogP contribution in [-0.4, -0.2) is 12.6 Å². The maximum absolute atomic E-state index is 15.0. The van der Waals surface area contributed by atoms with Crippen molar-refractivity contribution in [2.75, 3.05) is 6.54 Å². The molecule has 0 aliphatic carbocycles. The van der Waals surface area contributed by atoms with E-state index in [1.165, 1.54) is 12.8 Å². The van der Waals surface area contributed by atoms with Crippen molar-refractivity contribution < 1.29 is 4.39 Å². The number of aryl methyl sites for hydroxylation is 2. The molecule has 0 aromatic heterocycles. The quantitative estimate of drug-likeness (QED) is 0.853. The SMILES string of the molecule is Cc1ccc(C)c(C(C)(F)CC2CCCCN2)c1. The van der Waals surface area contributed by atoms with Gasteiger partial charge in [0.2, 0.25) is 0 Å². The van der Waals surface area contributed by atoms with Gasteiger partial charge in [-0.25, -0.2) is 4.39 Å². The zero-order valence-corrected chi connectivity index (χ0v) is 11.7. The molecule has 1 nitrogen and oxygen atoms in total. The number of hydrogen-bond donors (Lipinski definition) is 1. The molecular weight excluding hydrogens is 225 g/mol. The molecule has 2 heteroatoms. The Hall–Kier alpha value is -0.890. The van der Waals surface area contributed by atoms with Crippen LogP contribution in [0, 0.1) is 13.8 Å². The molecule has 0 radical (unpaired) electrons. The van der Waals surface area contributed by atoms with E-state index in [4.69, 9.17) is 0 Å². The molecule has 1 aliphatic heterocycles. The lowest BCUT2D eigenvalue weighted by atomic mass is 9.85. The maximum atomic E-state index is 15.0. The fourth-order valence-electron chi connectivity index (χ4n) is 2.97. The Kier molecular flexibility index (Phi) is 4.06. The van der Waals surface area contributed by atoms with Gasteiger partial charge < -0.3 is 5.32 Å². The smallest absolute Gasteiger partial charge is 0.135 e. The Labute approximate surface area is 110 Å². The summed E-state index contributed by atoms with van der Waals surface area (Å²) >= 11 is 0. The van der Waals surface area contributed by atoms with Crippen LogP contribution in [-0.2, 0) is 5.67 Å². The number of piperidine rings is 1. The summed E-state index contributed by atoms with van der Waals surface area (Å²) in [6.07, 6.45) is 4.13. The minimum absolute atomic E-state index is 0.327. The summed E-state index contributed by atoms with van der Waals surface area (Å²) < 4.78 is 15.0.